The van der Waals surface area contributed by atoms with E-state index in [-0.39, 0.29) is 18.4 Å². The van der Waals surface area contributed by atoms with Crippen molar-refractivity contribution in [2.45, 2.75) is 33.1 Å². The number of carbonyl (C=O) groups excluding carboxylic acids is 2. The molecule has 0 saturated carbocycles. The van der Waals surface area contributed by atoms with E-state index in [2.05, 4.69) is 19.2 Å². The Hall–Kier alpha value is -3.02. The fraction of sp³-hybridized carbons (Fsp3) is 0.391. The van der Waals surface area contributed by atoms with E-state index in [9.17, 15) is 9.59 Å². The average Bonchev–Trinajstić information content (AvgIpc) is 2.71. The molecule has 0 fully saturated rings. The Bertz CT molecular complexity index is 831. The molecule has 2 amide bonds. The van der Waals surface area contributed by atoms with Crippen LogP contribution < -0.4 is 19.7 Å². The molecule has 0 spiro atoms. The summed E-state index contributed by atoms with van der Waals surface area (Å²) in [5, 5.41) is 2.88. The van der Waals surface area contributed by atoms with E-state index in [0.29, 0.717) is 30.4 Å². The first kappa shape index (κ1) is 22.3. The first-order chi connectivity index (χ1) is 13.8. The van der Waals surface area contributed by atoms with Gasteiger partial charge in [-0.15, -0.1) is 0 Å². The van der Waals surface area contributed by atoms with Crippen LogP contribution in [0.5, 0.6) is 11.5 Å². The molecule has 0 aliphatic rings. The number of ether oxygens (including phenoxy) is 2. The van der Waals surface area contributed by atoms with Crippen molar-refractivity contribution in [3.05, 3.63) is 53.6 Å². The fourth-order valence-electron chi connectivity index (χ4n) is 3.01. The van der Waals surface area contributed by atoms with Crippen LogP contribution in [0.4, 0.5) is 5.69 Å². The fourth-order valence-corrected chi connectivity index (χ4v) is 3.01. The van der Waals surface area contributed by atoms with Crippen LogP contribution in [0.25, 0.3) is 0 Å². The van der Waals surface area contributed by atoms with Crippen molar-refractivity contribution in [3.63, 3.8) is 0 Å². The maximum Gasteiger partial charge on any atom is 0.240 e. The Kier molecular flexibility index (Phi) is 8.07. The number of rotatable bonds is 9. The Morgan fingerprint density at radius 1 is 1.00 bits per heavy atom. The van der Waals surface area contributed by atoms with Gasteiger partial charge in [0.15, 0.2) is 11.5 Å². The zero-order valence-electron chi connectivity index (χ0n) is 17.8. The lowest BCUT2D eigenvalue weighted by Gasteiger charge is -2.21. The van der Waals surface area contributed by atoms with Crippen LogP contribution in [0.15, 0.2) is 42.5 Å². The monoisotopic (exact) mass is 398 g/mol. The lowest BCUT2D eigenvalue weighted by Crippen LogP contribution is -2.40. The molecule has 6 heteroatoms. The van der Waals surface area contributed by atoms with Crippen molar-refractivity contribution < 1.29 is 19.1 Å². The van der Waals surface area contributed by atoms with E-state index in [1.165, 1.54) is 17.4 Å². The van der Waals surface area contributed by atoms with Crippen LogP contribution >= 0.6 is 0 Å². The summed E-state index contributed by atoms with van der Waals surface area (Å²) in [5.41, 5.74) is 2.93. The smallest absolute Gasteiger partial charge is 0.240 e. The van der Waals surface area contributed by atoms with E-state index in [0.717, 1.165) is 11.3 Å². The third kappa shape index (κ3) is 6.24. The summed E-state index contributed by atoms with van der Waals surface area (Å²) < 4.78 is 10.5. The molecule has 29 heavy (non-hydrogen) atoms. The Labute approximate surface area is 172 Å². The summed E-state index contributed by atoms with van der Waals surface area (Å²) in [6.07, 6.45) is 0.648. The van der Waals surface area contributed by atoms with Gasteiger partial charge in [0.2, 0.25) is 11.8 Å². The van der Waals surface area contributed by atoms with Crippen LogP contribution in [0.1, 0.15) is 37.8 Å². The summed E-state index contributed by atoms with van der Waals surface area (Å²) in [7, 11) is 3.18. The predicted molar refractivity (Wildman–Crippen MR) is 115 cm³/mol. The second kappa shape index (κ2) is 10.5. The Morgan fingerprint density at radius 2 is 1.66 bits per heavy atom. The van der Waals surface area contributed by atoms with E-state index >= 15 is 0 Å². The molecule has 2 rings (SSSR count). The van der Waals surface area contributed by atoms with Gasteiger partial charge in [-0.2, -0.15) is 0 Å². The van der Waals surface area contributed by atoms with Gasteiger partial charge in [0.05, 0.1) is 14.2 Å². The number of methoxy groups -OCH3 is 2. The lowest BCUT2D eigenvalue weighted by atomic mass is 10.0. The number of hydrogen-bond acceptors (Lipinski definition) is 4. The standard InChI is InChI=1S/C23H30N2O4/c1-16(2)19-7-9-20(10-8-19)25(17(3)26)15-23(27)24-13-12-18-6-11-21(28-4)22(14-18)29-5/h6-11,14,16H,12-13,15H2,1-5H3,(H,24,27). The molecule has 0 aliphatic heterocycles. The minimum atomic E-state index is -0.200. The molecule has 2 aromatic carbocycles. The van der Waals surface area contributed by atoms with Gasteiger partial charge in [-0.25, -0.2) is 0 Å². The van der Waals surface area contributed by atoms with E-state index < -0.39 is 0 Å². The number of hydrogen-bond donors (Lipinski definition) is 1. The molecule has 0 atom stereocenters. The third-order valence-electron chi connectivity index (χ3n) is 4.74. The van der Waals surface area contributed by atoms with E-state index in [1.54, 1.807) is 14.2 Å². The average molecular weight is 399 g/mol. The Morgan fingerprint density at radius 3 is 2.21 bits per heavy atom. The maximum atomic E-state index is 12.4. The molecular formula is C23H30N2O4. The molecule has 0 aromatic heterocycles. The first-order valence-electron chi connectivity index (χ1n) is 9.71. The van der Waals surface area contributed by atoms with Crippen LogP contribution in [0.2, 0.25) is 0 Å². The van der Waals surface area contributed by atoms with Gasteiger partial charge >= 0.3 is 0 Å². The van der Waals surface area contributed by atoms with Gasteiger partial charge in [0.1, 0.15) is 6.54 Å². The van der Waals surface area contributed by atoms with Gasteiger partial charge in [-0.1, -0.05) is 32.0 Å². The normalized spacial score (nSPS) is 10.6. The summed E-state index contributed by atoms with van der Waals surface area (Å²) in [6, 6.07) is 13.4. The highest BCUT2D eigenvalue weighted by atomic mass is 16.5. The summed E-state index contributed by atoms with van der Waals surface area (Å²) in [5.74, 6) is 1.37. The predicted octanol–water partition coefficient (Wildman–Crippen LogP) is 3.54. The second-order valence-corrected chi connectivity index (χ2v) is 7.14. The first-order valence-corrected chi connectivity index (χ1v) is 9.71. The van der Waals surface area contributed by atoms with Crippen LogP contribution in [-0.2, 0) is 16.0 Å². The van der Waals surface area contributed by atoms with E-state index in [4.69, 9.17) is 9.47 Å². The molecule has 0 radical (unpaired) electrons. The van der Waals surface area contributed by atoms with Crippen molar-refractivity contribution in [2.24, 2.45) is 0 Å². The number of nitrogens with zero attached hydrogens (tertiary/aromatic N) is 1. The van der Waals surface area contributed by atoms with Crippen LogP contribution in [0.3, 0.4) is 0 Å². The largest absolute Gasteiger partial charge is 0.493 e. The van der Waals surface area contributed by atoms with Crippen molar-refractivity contribution in [1.29, 1.82) is 0 Å². The number of benzene rings is 2. The third-order valence-corrected chi connectivity index (χ3v) is 4.74. The molecule has 0 bridgehead atoms. The highest BCUT2D eigenvalue weighted by Gasteiger charge is 2.16. The number of anilines is 1. The number of amides is 2. The molecule has 6 nitrogen and oxygen atoms in total. The molecule has 1 N–H and O–H groups in total. The van der Waals surface area contributed by atoms with Crippen LogP contribution in [-0.4, -0.2) is 39.1 Å². The molecule has 0 heterocycles. The minimum Gasteiger partial charge on any atom is -0.493 e. The SMILES string of the molecule is COc1ccc(CCNC(=O)CN(C(C)=O)c2ccc(C(C)C)cc2)cc1OC. The zero-order valence-corrected chi connectivity index (χ0v) is 17.8. The van der Waals surface area contributed by atoms with Gasteiger partial charge < -0.3 is 19.7 Å². The van der Waals surface area contributed by atoms with Gasteiger partial charge in [-0.05, 0) is 47.7 Å². The lowest BCUT2D eigenvalue weighted by molar-refractivity contribution is -0.123. The summed E-state index contributed by atoms with van der Waals surface area (Å²) in [4.78, 5) is 25.9. The highest BCUT2D eigenvalue weighted by Crippen LogP contribution is 2.27. The van der Waals surface area contributed by atoms with Crippen molar-refractivity contribution in [3.8, 4) is 11.5 Å². The minimum absolute atomic E-state index is 0.0116. The topological polar surface area (TPSA) is 67.9 Å². The van der Waals surface area contributed by atoms with Gasteiger partial charge in [-0.3, -0.25) is 9.59 Å². The molecule has 156 valence electrons. The summed E-state index contributed by atoms with van der Waals surface area (Å²) in [6.45, 7) is 6.15. The van der Waals surface area contributed by atoms with Gasteiger partial charge in [0.25, 0.3) is 0 Å². The second-order valence-electron chi connectivity index (χ2n) is 7.14. The zero-order chi connectivity index (χ0) is 21.4. The Balaban J connectivity index is 1.93. The number of carbonyl (C=O) groups is 2. The molecular weight excluding hydrogens is 368 g/mol. The van der Waals surface area contributed by atoms with Crippen LogP contribution in [0, 0.1) is 0 Å². The molecule has 0 unspecified atom stereocenters. The van der Waals surface area contributed by atoms with Crippen molar-refractivity contribution in [2.75, 3.05) is 32.2 Å². The maximum absolute atomic E-state index is 12.4. The number of nitrogens with one attached hydrogen (secondary N) is 1. The van der Waals surface area contributed by atoms with Crippen molar-refractivity contribution in [1.82, 2.24) is 5.32 Å². The summed E-state index contributed by atoms with van der Waals surface area (Å²) >= 11 is 0. The molecule has 0 aliphatic carbocycles. The van der Waals surface area contributed by atoms with Crippen molar-refractivity contribution >= 4 is 17.5 Å². The molecule has 2 aromatic rings. The quantitative estimate of drug-likeness (QED) is 0.702. The highest BCUT2D eigenvalue weighted by molar-refractivity contribution is 5.97. The molecule has 0 saturated heterocycles. The van der Waals surface area contributed by atoms with Gasteiger partial charge in [0, 0.05) is 19.2 Å². The van der Waals surface area contributed by atoms with E-state index in [1.807, 2.05) is 42.5 Å².